The molecule has 0 saturated heterocycles. The van der Waals surface area contributed by atoms with Gasteiger partial charge in [-0.15, -0.1) is 11.6 Å². The SMILES string of the molecule is CC(C)(C)c1ccc(C(Cl)Cc2c(F)cccc2Cl)cc1. The van der Waals surface area contributed by atoms with Crippen molar-refractivity contribution in [1.29, 1.82) is 0 Å². The van der Waals surface area contributed by atoms with E-state index < -0.39 is 0 Å². The molecule has 21 heavy (non-hydrogen) atoms. The molecule has 0 spiro atoms. The molecule has 0 saturated carbocycles. The summed E-state index contributed by atoms with van der Waals surface area (Å²) >= 11 is 12.5. The largest absolute Gasteiger partial charge is 0.207 e. The van der Waals surface area contributed by atoms with Gasteiger partial charge in [0.25, 0.3) is 0 Å². The summed E-state index contributed by atoms with van der Waals surface area (Å²) in [5.74, 6) is -0.306. The van der Waals surface area contributed by atoms with Crippen molar-refractivity contribution in [3.8, 4) is 0 Å². The van der Waals surface area contributed by atoms with E-state index in [1.165, 1.54) is 11.6 Å². The van der Waals surface area contributed by atoms with Crippen LogP contribution in [0.15, 0.2) is 42.5 Å². The van der Waals surface area contributed by atoms with Crippen LogP contribution in [0, 0.1) is 5.82 Å². The number of rotatable bonds is 3. The maximum atomic E-state index is 13.8. The Morgan fingerprint density at radius 2 is 1.67 bits per heavy atom. The topological polar surface area (TPSA) is 0 Å². The molecule has 0 heterocycles. The van der Waals surface area contributed by atoms with Gasteiger partial charge in [-0.3, -0.25) is 0 Å². The molecular formula is C18H19Cl2F. The molecule has 0 amide bonds. The van der Waals surface area contributed by atoms with E-state index in [4.69, 9.17) is 23.2 Å². The Morgan fingerprint density at radius 3 is 2.19 bits per heavy atom. The molecule has 3 heteroatoms. The Hall–Kier alpha value is -1.05. The average Bonchev–Trinajstić information content (AvgIpc) is 2.42. The van der Waals surface area contributed by atoms with Crippen LogP contribution in [0.2, 0.25) is 5.02 Å². The molecular weight excluding hydrogens is 306 g/mol. The van der Waals surface area contributed by atoms with E-state index in [1.54, 1.807) is 12.1 Å². The summed E-state index contributed by atoms with van der Waals surface area (Å²) < 4.78 is 13.8. The summed E-state index contributed by atoms with van der Waals surface area (Å²) in [4.78, 5) is 0. The molecule has 0 aliphatic heterocycles. The predicted molar refractivity (Wildman–Crippen MR) is 88.9 cm³/mol. The maximum Gasteiger partial charge on any atom is 0.127 e. The Bertz CT molecular complexity index is 592. The minimum Gasteiger partial charge on any atom is -0.207 e. The van der Waals surface area contributed by atoms with Crippen LogP contribution in [0.5, 0.6) is 0 Å². The Kier molecular flexibility index (Phi) is 4.95. The Labute approximate surface area is 135 Å². The van der Waals surface area contributed by atoms with Gasteiger partial charge in [-0.1, -0.05) is 62.7 Å². The van der Waals surface area contributed by atoms with Crippen LogP contribution >= 0.6 is 23.2 Å². The van der Waals surface area contributed by atoms with Crippen molar-refractivity contribution in [3.63, 3.8) is 0 Å². The van der Waals surface area contributed by atoms with E-state index in [2.05, 4.69) is 32.9 Å². The molecule has 0 aromatic heterocycles. The molecule has 1 atom stereocenters. The molecule has 0 fully saturated rings. The first kappa shape index (κ1) is 16.3. The van der Waals surface area contributed by atoms with Gasteiger partial charge in [-0.25, -0.2) is 4.39 Å². The van der Waals surface area contributed by atoms with Crippen molar-refractivity contribution < 1.29 is 4.39 Å². The minimum atomic E-state index is -0.306. The van der Waals surface area contributed by atoms with Crippen molar-refractivity contribution in [2.75, 3.05) is 0 Å². The second-order valence-corrected chi connectivity index (χ2v) is 7.18. The number of hydrogen-bond acceptors (Lipinski definition) is 0. The summed E-state index contributed by atoms with van der Waals surface area (Å²) in [5, 5.41) is 0.125. The minimum absolute atomic E-state index is 0.106. The van der Waals surface area contributed by atoms with Gasteiger partial charge in [0.1, 0.15) is 5.82 Å². The highest BCUT2D eigenvalue weighted by molar-refractivity contribution is 6.31. The highest BCUT2D eigenvalue weighted by atomic mass is 35.5. The summed E-state index contributed by atoms with van der Waals surface area (Å²) in [6, 6.07) is 12.9. The molecule has 0 nitrogen and oxygen atoms in total. The first-order valence-corrected chi connectivity index (χ1v) is 7.78. The lowest BCUT2D eigenvalue weighted by atomic mass is 9.86. The zero-order valence-electron chi connectivity index (χ0n) is 12.5. The summed E-state index contributed by atoms with van der Waals surface area (Å²) in [6.45, 7) is 6.50. The van der Waals surface area contributed by atoms with Crippen molar-refractivity contribution in [1.82, 2.24) is 0 Å². The van der Waals surface area contributed by atoms with E-state index in [0.29, 0.717) is 17.0 Å². The number of benzene rings is 2. The standard InChI is InChI=1S/C18H19Cl2F/c1-18(2,3)13-9-7-12(8-10-13)16(20)11-14-15(19)5-4-6-17(14)21/h4-10,16H,11H2,1-3H3. The van der Waals surface area contributed by atoms with E-state index in [0.717, 1.165) is 5.56 Å². The number of alkyl halides is 1. The van der Waals surface area contributed by atoms with Gasteiger partial charge in [-0.2, -0.15) is 0 Å². The number of hydrogen-bond donors (Lipinski definition) is 0. The quantitative estimate of drug-likeness (QED) is 0.581. The fourth-order valence-corrected chi connectivity index (χ4v) is 2.76. The van der Waals surface area contributed by atoms with Crippen LogP contribution in [0.25, 0.3) is 0 Å². The van der Waals surface area contributed by atoms with Crippen molar-refractivity contribution >= 4 is 23.2 Å². The molecule has 0 aliphatic carbocycles. The van der Waals surface area contributed by atoms with E-state index in [1.807, 2.05) is 12.1 Å². The zero-order valence-corrected chi connectivity index (χ0v) is 14.0. The average molecular weight is 325 g/mol. The smallest absolute Gasteiger partial charge is 0.127 e. The zero-order chi connectivity index (χ0) is 15.6. The predicted octanol–water partition coefficient (Wildman–Crippen LogP) is 6.30. The van der Waals surface area contributed by atoms with Gasteiger partial charge in [0.2, 0.25) is 0 Å². The fourth-order valence-electron chi connectivity index (χ4n) is 2.22. The van der Waals surface area contributed by atoms with Crippen molar-refractivity contribution in [2.45, 2.75) is 38.0 Å². The summed E-state index contributed by atoms with van der Waals surface area (Å²) in [7, 11) is 0. The van der Waals surface area contributed by atoms with Crippen LogP contribution < -0.4 is 0 Å². The van der Waals surface area contributed by atoms with Crippen LogP contribution in [0.1, 0.15) is 42.8 Å². The van der Waals surface area contributed by atoms with Crippen LogP contribution in [-0.2, 0) is 11.8 Å². The molecule has 0 bridgehead atoms. The molecule has 1 unspecified atom stereocenters. The van der Waals surface area contributed by atoms with Gasteiger partial charge in [0.15, 0.2) is 0 Å². The van der Waals surface area contributed by atoms with E-state index in [9.17, 15) is 4.39 Å². The third kappa shape index (κ3) is 3.99. The van der Waals surface area contributed by atoms with Gasteiger partial charge < -0.3 is 0 Å². The third-order valence-electron chi connectivity index (χ3n) is 3.58. The summed E-state index contributed by atoms with van der Waals surface area (Å²) in [5.41, 5.74) is 2.80. The lowest BCUT2D eigenvalue weighted by molar-refractivity contribution is 0.589. The van der Waals surface area contributed by atoms with Crippen molar-refractivity contribution in [2.24, 2.45) is 0 Å². The first-order chi connectivity index (χ1) is 9.79. The molecule has 2 aromatic carbocycles. The normalized spacial score (nSPS) is 13.2. The third-order valence-corrected chi connectivity index (χ3v) is 4.34. The van der Waals surface area contributed by atoms with Crippen LogP contribution in [0.4, 0.5) is 4.39 Å². The lowest BCUT2D eigenvalue weighted by Gasteiger charge is -2.20. The van der Waals surface area contributed by atoms with Crippen LogP contribution in [0.3, 0.4) is 0 Å². The molecule has 112 valence electrons. The van der Waals surface area contributed by atoms with Crippen molar-refractivity contribution in [3.05, 3.63) is 70.0 Å². The highest BCUT2D eigenvalue weighted by Crippen LogP contribution is 2.31. The van der Waals surface area contributed by atoms with Gasteiger partial charge in [-0.05, 0) is 35.1 Å². The van der Waals surface area contributed by atoms with Gasteiger partial charge in [0.05, 0.1) is 5.38 Å². The van der Waals surface area contributed by atoms with Crippen LogP contribution in [-0.4, -0.2) is 0 Å². The maximum absolute atomic E-state index is 13.8. The second kappa shape index (κ2) is 6.37. The van der Waals surface area contributed by atoms with E-state index in [-0.39, 0.29) is 16.6 Å². The fraction of sp³-hybridized carbons (Fsp3) is 0.333. The molecule has 0 aliphatic rings. The molecule has 0 radical (unpaired) electrons. The molecule has 2 rings (SSSR count). The van der Waals surface area contributed by atoms with Gasteiger partial charge >= 0.3 is 0 Å². The first-order valence-electron chi connectivity index (χ1n) is 6.96. The monoisotopic (exact) mass is 324 g/mol. The molecule has 0 N–H and O–H groups in total. The Morgan fingerprint density at radius 1 is 1.05 bits per heavy atom. The lowest BCUT2D eigenvalue weighted by Crippen LogP contribution is -2.11. The van der Waals surface area contributed by atoms with Gasteiger partial charge in [0, 0.05) is 10.6 Å². The highest BCUT2D eigenvalue weighted by Gasteiger charge is 2.17. The van der Waals surface area contributed by atoms with E-state index >= 15 is 0 Å². The Balaban J connectivity index is 2.19. The number of halogens is 3. The second-order valence-electron chi connectivity index (χ2n) is 6.24. The molecule has 2 aromatic rings. The summed E-state index contributed by atoms with van der Waals surface area (Å²) in [6.07, 6.45) is 0.377.